The summed E-state index contributed by atoms with van der Waals surface area (Å²) >= 11 is 1.43. The quantitative estimate of drug-likeness (QED) is 0.662. The molecule has 1 aromatic carbocycles. The zero-order chi connectivity index (χ0) is 19.5. The van der Waals surface area contributed by atoms with Crippen LogP contribution in [-0.4, -0.2) is 37.7 Å². The van der Waals surface area contributed by atoms with Crippen LogP contribution in [0.2, 0.25) is 0 Å². The molecule has 2 heterocycles. The first-order valence-electron chi connectivity index (χ1n) is 9.82. The summed E-state index contributed by atoms with van der Waals surface area (Å²) in [5.41, 5.74) is 3.92. The van der Waals surface area contributed by atoms with Gasteiger partial charge in [0.15, 0.2) is 0 Å². The average Bonchev–Trinajstić information content (AvgIpc) is 3.15. The van der Waals surface area contributed by atoms with E-state index in [-0.39, 0.29) is 5.91 Å². The van der Waals surface area contributed by atoms with E-state index in [1.807, 2.05) is 29.9 Å². The molecule has 6 nitrogen and oxygen atoms in total. The molecule has 1 N–H and O–H groups in total. The van der Waals surface area contributed by atoms with Crippen molar-refractivity contribution in [3.63, 3.8) is 0 Å². The molecule has 1 aliphatic carbocycles. The summed E-state index contributed by atoms with van der Waals surface area (Å²) in [5, 5.41) is 18.1. The summed E-state index contributed by atoms with van der Waals surface area (Å²) in [4.78, 5) is 12.4. The lowest BCUT2D eigenvalue weighted by molar-refractivity contribution is -0.119. The molecular formula is C21H25N5OS. The molecule has 1 fully saturated rings. The Balaban J connectivity index is 1.56. The van der Waals surface area contributed by atoms with Gasteiger partial charge in [0.2, 0.25) is 5.91 Å². The van der Waals surface area contributed by atoms with Gasteiger partial charge in [-0.2, -0.15) is 10.2 Å². The van der Waals surface area contributed by atoms with Gasteiger partial charge in [-0.3, -0.25) is 4.79 Å². The first-order valence-corrected chi connectivity index (χ1v) is 10.8. The van der Waals surface area contributed by atoms with Crippen LogP contribution in [0.1, 0.15) is 43.4 Å². The third-order valence-electron chi connectivity index (χ3n) is 5.24. The van der Waals surface area contributed by atoms with E-state index >= 15 is 0 Å². The van der Waals surface area contributed by atoms with Crippen LogP contribution in [0.5, 0.6) is 0 Å². The summed E-state index contributed by atoms with van der Waals surface area (Å²) in [6.07, 6.45) is 7.69. The Hall–Kier alpha value is -2.41. The van der Waals surface area contributed by atoms with Gasteiger partial charge in [0.1, 0.15) is 10.5 Å². The molecule has 1 amide bonds. The zero-order valence-electron chi connectivity index (χ0n) is 16.3. The molecule has 0 atom stereocenters. The Kier molecular flexibility index (Phi) is 5.62. The molecule has 0 bridgehead atoms. The van der Waals surface area contributed by atoms with E-state index in [2.05, 4.69) is 39.7 Å². The summed E-state index contributed by atoms with van der Waals surface area (Å²) in [5.74, 6) is 0.399. The lowest BCUT2D eigenvalue weighted by Gasteiger charge is -2.22. The van der Waals surface area contributed by atoms with Crippen LogP contribution < -0.4 is 5.32 Å². The number of thioether (sulfide) groups is 1. The number of aromatic nitrogens is 4. The van der Waals surface area contributed by atoms with E-state index < -0.39 is 0 Å². The highest BCUT2D eigenvalue weighted by atomic mass is 32.2. The van der Waals surface area contributed by atoms with Gasteiger partial charge in [0.25, 0.3) is 0 Å². The lowest BCUT2D eigenvalue weighted by Crippen LogP contribution is -2.37. The Bertz CT molecular complexity index is 976. The minimum Gasteiger partial charge on any atom is -0.353 e. The van der Waals surface area contributed by atoms with E-state index in [1.54, 1.807) is 0 Å². The van der Waals surface area contributed by atoms with Gasteiger partial charge in [-0.05, 0) is 38.8 Å². The van der Waals surface area contributed by atoms with Crippen LogP contribution in [-0.2, 0) is 4.79 Å². The monoisotopic (exact) mass is 395 g/mol. The molecule has 7 heteroatoms. The smallest absolute Gasteiger partial charge is 0.230 e. The van der Waals surface area contributed by atoms with Gasteiger partial charge in [-0.25, -0.2) is 4.68 Å². The Morgan fingerprint density at radius 1 is 1.14 bits per heavy atom. The van der Waals surface area contributed by atoms with Crippen molar-refractivity contribution >= 4 is 28.6 Å². The second-order valence-electron chi connectivity index (χ2n) is 7.44. The average molecular weight is 396 g/mol. The molecule has 0 saturated heterocycles. The van der Waals surface area contributed by atoms with Gasteiger partial charge >= 0.3 is 0 Å². The number of fused-ring (bicyclic) bond motifs is 1. The van der Waals surface area contributed by atoms with Gasteiger partial charge in [0, 0.05) is 11.4 Å². The number of aryl methyl sites for hydroxylation is 2. The zero-order valence-corrected chi connectivity index (χ0v) is 17.1. The first kappa shape index (κ1) is 18.9. The van der Waals surface area contributed by atoms with E-state index in [0.29, 0.717) is 11.8 Å². The van der Waals surface area contributed by atoms with Crippen LogP contribution in [0.4, 0.5) is 0 Å². The van der Waals surface area contributed by atoms with Gasteiger partial charge in [0.05, 0.1) is 23.3 Å². The number of benzene rings is 1. The molecule has 146 valence electrons. The number of amides is 1. The van der Waals surface area contributed by atoms with Gasteiger partial charge < -0.3 is 5.32 Å². The predicted octanol–water partition coefficient (Wildman–Crippen LogP) is 3.97. The first-order chi connectivity index (χ1) is 13.6. The Morgan fingerprint density at radius 3 is 2.64 bits per heavy atom. The molecule has 28 heavy (non-hydrogen) atoms. The summed E-state index contributed by atoms with van der Waals surface area (Å²) in [7, 11) is 0. The maximum absolute atomic E-state index is 12.4. The largest absolute Gasteiger partial charge is 0.353 e. The van der Waals surface area contributed by atoms with Crippen molar-refractivity contribution in [1.82, 2.24) is 25.3 Å². The lowest BCUT2D eigenvalue weighted by atomic mass is 9.95. The van der Waals surface area contributed by atoms with Crippen molar-refractivity contribution in [2.24, 2.45) is 0 Å². The standard InChI is InChI=1S/C21H25N5OS/c1-14-8-10-17(11-9-14)26-20-18(12-22-26)15(2)24-25-21(20)28-13-19(27)23-16-6-4-3-5-7-16/h8-12,16H,3-7,13H2,1-2H3,(H,23,27). The Morgan fingerprint density at radius 2 is 1.89 bits per heavy atom. The third-order valence-corrected chi connectivity index (χ3v) is 6.20. The van der Waals surface area contributed by atoms with Crippen LogP contribution in [0.15, 0.2) is 35.5 Å². The number of carbonyl (C=O) groups is 1. The van der Waals surface area contributed by atoms with E-state index in [1.165, 1.54) is 36.6 Å². The molecule has 0 unspecified atom stereocenters. The highest BCUT2D eigenvalue weighted by molar-refractivity contribution is 8.00. The molecule has 0 aliphatic heterocycles. The van der Waals surface area contributed by atoms with Crippen LogP contribution in [0, 0.1) is 13.8 Å². The number of nitrogens with zero attached hydrogens (tertiary/aromatic N) is 4. The van der Waals surface area contributed by atoms with Crippen molar-refractivity contribution in [2.45, 2.75) is 57.0 Å². The normalized spacial score (nSPS) is 15.1. The summed E-state index contributed by atoms with van der Waals surface area (Å²) < 4.78 is 1.89. The molecule has 2 aromatic heterocycles. The van der Waals surface area contributed by atoms with Crippen LogP contribution in [0.3, 0.4) is 0 Å². The number of carbonyl (C=O) groups excluding carboxylic acids is 1. The minimum atomic E-state index is 0.0637. The summed E-state index contributed by atoms with van der Waals surface area (Å²) in [6, 6.07) is 8.54. The maximum atomic E-state index is 12.4. The van der Waals surface area contributed by atoms with Gasteiger partial charge in [-0.15, -0.1) is 5.10 Å². The molecular weight excluding hydrogens is 370 g/mol. The number of nitrogens with one attached hydrogen (secondary N) is 1. The molecule has 0 radical (unpaired) electrons. The van der Waals surface area contributed by atoms with Crippen LogP contribution in [0.25, 0.3) is 16.6 Å². The van der Waals surface area contributed by atoms with E-state index in [9.17, 15) is 4.79 Å². The molecule has 1 aliphatic rings. The third kappa shape index (κ3) is 4.04. The second kappa shape index (κ2) is 8.31. The van der Waals surface area contributed by atoms with Crippen molar-refractivity contribution in [3.8, 4) is 5.69 Å². The number of rotatable bonds is 5. The fourth-order valence-electron chi connectivity index (χ4n) is 3.67. The summed E-state index contributed by atoms with van der Waals surface area (Å²) in [6.45, 7) is 3.99. The fraction of sp³-hybridized carbons (Fsp3) is 0.429. The molecule has 4 rings (SSSR count). The number of hydrogen-bond donors (Lipinski definition) is 1. The van der Waals surface area contributed by atoms with Gasteiger partial charge in [-0.1, -0.05) is 48.7 Å². The van der Waals surface area contributed by atoms with Crippen LogP contribution >= 0.6 is 11.8 Å². The van der Waals surface area contributed by atoms with Crippen molar-refractivity contribution in [2.75, 3.05) is 5.75 Å². The van der Waals surface area contributed by atoms with Crippen molar-refractivity contribution in [3.05, 3.63) is 41.7 Å². The fourth-order valence-corrected chi connectivity index (χ4v) is 4.45. The van der Waals surface area contributed by atoms with E-state index in [4.69, 9.17) is 0 Å². The predicted molar refractivity (Wildman–Crippen MR) is 112 cm³/mol. The molecule has 0 spiro atoms. The maximum Gasteiger partial charge on any atom is 0.230 e. The highest BCUT2D eigenvalue weighted by Gasteiger charge is 2.18. The van der Waals surface area contributed by atoms with E-state index in [0.717, 1.165) is 40.2 Å². The SMILES string of the molecule is Cc1ccc(-n2ncc3c(C)nnc(SCC(=O)NC4CCCCC4)c32)cc1. The topological polar surface area (TPSA) is 72.7 Å². The number of hydrogen-bond acceptors (Lipinski definition) is 5. The molecule has 1 saturated carbocycles. The highest BCUT2D eigenvalue weighted by Crippen LogP contribution is 2.29. The van der Waals surface area contributed by atoms with Crippen molar-refractivity contribution in [1.29, 1.82) is 0 Å². The minimum absolute atomic E-state index is 0.0637. The molecule has 3 aromatic rings. The van der Waals surface area contributed by atoms with Crippen molar-refractivity contribution < 1.29 is 4.79 Å². The second-order valence-corrected chi connectivity index (χ2v) is 8.40. The Labute approximate surface area is 169 Å².